The van der Waals surface area contributed by atoms with Crippen molar-refractivity contribution in [1.82, 2.24) is 4.90 Å². The average Bonchev–Trinajstić information content (AvgIpc) is 2.22. The Labute approximate surface area is 98.9 Å². The molecule has 0 heterocycles. The van der Waals surface area contributed by atoms with Gasteiger partial charge in [0, 0.05) is 42.3 Å². The number of halogens is 2. The molecule has 1 aromatic carbocycles. The van der Waals surface area contributed by atoms with Crippen LogP contribution in [-0.4, -0.2) is 25.0 Å². The molecule has 0 aliphatic rings. The van der Waals surface area contributed by atoms with Crippen LogP contribution in [0.2, 0.25) is 10.0 Å². The second-order valence-corrected chi connectivity index (χ2v) is 3.88. The smallest absolute Gasteiger partial charge is 0.0495 e. The average molecular weight is 246 g/mol. The van der Waals surface area contributed by atoms with Crippen molar-refractivity contribution in [2.75, 3.05) is 14.1 Å². The Balaban J connectivity index is 2.90. The lowest BCUT2D eigenvalue weighted by Gasteiger charge is -2.25. The molecule has 0 aliphatic heterocycles. The standard InChI is InChI=1S/C10H12Cl2N2O/c1-13-10(15)14(2)6-7-8(11)4-3-5-9(7)12/h3-5H,6H2,1-2H3,(H,13,15)/p-1. The fraction of sp³-hybridized carbons (Fsp3) is 0.300. The van der Waals surface area contributed by atoms with Crippen LogP contribution in [0.5, 0.6) is 0 Å². The van der Waals surface area contributed by atoms with Crippen molar-refractivity contribution < 1.29 is 5.11 Å². The molecule has 0 saturated carbocycles. The maximum atomic E-state index is 11.2. The van der Waals surface area contributed by atoms with Crippen LogP contribution in [0, 0.1) is 0 Å². The molecule has 0 aromatic heterocycles. The highest BCUT2D eigenvalue weighted by Crippen LogP contribution is 2.25. The Morgan fingerprint density at radius 2 is 1.93 bits per heavy atom. The van der Waals surface area contributed by atoms with Gasteiger partial charge in [0.1, 0.15) is 0 Å². The zero-order valence-electron chi connectivity index (χ0n) is 8.50. The van der Waals surface area contributed by atoms with Gasteiger partial charge in [-0.2, -0.15) is 0 Å². The highest BCUT2D eigenvalue weighted by atomic mass is 35.5. The Hall–Kier alpha value is -0.930. The van der Waals surface area contributed by atoms with Crippen LogP contribution in [0.1, 0.15) is 5.56 Å². The van der Waals surface area contributed by atoms with Crippen LogP contribution in [-0.2, 0) is 6.54 Å². The molecular weight excluding hydrogens is 235 g/mol. The summed E-state index contributed by atoms with van der Waals surface area (Å²) in [6, 6.07) is 4.94. The van der Waals surface area contributed by atoms with Gasteiger partial charge in [-0.05, 0) is 12.1 Å². The normalized spacial score (nSPS) is 11.6. The molecule has 0 spiro atoms. The summed E-state index contributed by atoms with van der Waals surface area (Å²) in [6.07, 6.45) is 0. The van der Waals surface area contributed by atoms with Crippen LogP contribution < -0.4 is 5.11 Å². The van der Waals surface area contributed by atoms with Gasteiger partial charge in [-0.25, -0.2) is 0 Å². The van der Waals surface area contributed by atoms with E-state index in [0.717, 1.165) is 5.56 Å². The molecule has 0 radical (unpaired) electrons. The van der Waals surface area contributed by atoms with Crippen LogP contribution in [0.4, 0.5) is 0 Å². The molecule has 1 rings (SSSR count). The summed E-state index contributed by atoms with van der Waals surface area (Å²) in [4.78, 5) is 5.00. The molecule has 1 aromatic rings. The summed E-state index contributed by atoms with van der Waals surface area (Å²) in [5, 5.41) is 12.3. The largest absolute Gasteiger partial charge is 0.846 e. The molecule has 82 valence electrons. The number of amidine groups is 1. The van der Waals surface area contributed by atoms with Crippen molar-refractivity contribution in [2.24, 2.45) is 4.99 Å². The van der Waals surface area contributed by atoms with Crippen molar-refractivity contribution >= 4 is 29.2 Å². The van der Waals surface area contributed by atoms with Gasteiger partial charge in [-0.15, -0.1) is 0 Å². The third-order valence-corrected chi connectivity index (χ3v) is 2.68. The van der Waals surface area contributed by atoms with Crippen LogP contribution in [0.3, 0.4) is 0 Å². The summed E-state index contributed by atoms with van der Waals surface area (Å²) >= 11 is 11.9. The molecule has 0 aliphatic carbocycles. The summed E-state index contributed by atoms with van der Waals surface area (Å²) in [5.41, 5.74) is 0.736. The minimum absolute atomic E-state index is 0.300. The van der Waals surface area contributed by atoms with Crippen LogP contribution in [0.15, 0.2) is 23.2 Å². The van der Waals surface area contributed by atoms with Gasteiger partial charge >= 0.3 is 0 Å². The van der Waals surface area contributed by atoms with E-state index in [9.17, 15) is 5.11 Å². The molecule has 0 saturated heterocycles. The number of benzene rings is 1. The quantitative estimate of drug-likeness (QED) is 0.589. The minimum Gasteiger partial charge on any atom is -0.846 e. The fourth-order valence-electron chi connectivity index (χ4n) is 1.16. The Bertz CT molecular complexity index is 359. The highest BCUT2D eigenvalue weighted by Gasteiger charge is 2.07. The third-order valence-electron chi connectivity index (χ3n) is 1.97. The number of rotatable bonds is 2. The Morgan fingerprint density at radius 1 is 1.40 bits per heavy atom. The zero-order chi connectivity index (χ0) is 11.4. The van der Waals surface area contributed by atoms with Gasteiger partial charge < -0.3 is 10.0 Å². The molecule has 0 N–H and O–H groups in total. The predicted octanol–water partition coefficient (Wildman–Crippen LogP) is 1.77. The maximum absolute atomic E-state index is 11.2. The lowest BCUT2D eigenvalue weighted by Crippen LogP contribution is -2.36. The van der Waals surface area contributed by atoms with Gasteiger partial charge in [0.2, 0.25) is 0 Å². The molecule has 0 fully saturated rings. The van der Waals surface area contributed by atoms with Crippen molar-refractivity contribution in [1.29, 1.82) is 0 Å². The topological polar surface area (TPSA) is 38.7 Å². The second kappa shape index (κ2) is 5.24. The molecule has 0 unspecified atom stereocenters. The van der Waals surface area contributed by atoms with Gasteiger partial charge in [-0.1, -0.05) is 29.3 Å². The summed E-state index contributed by atoms with van der Waals surface area (Å²) in [5.74, 6) is 0. The van der Waals surface area contributed by atoms with Crippen molar-refractivity contribution in [3.63, 3.8) is 0 Å². The molecule has 0 bridgehead atoms. The van der Waals surface area contributed by atoms with E-state index in [4.69, 9.17) is 23.2 Å². The van der Waals surface area contributed by atoms with Crippen molar-refractivity contribution in [3.05, 3.63) is 33.8 Å². The maximum Gasteiger partial charge on any atom is 0.0495 e. The molecule has 0 atom stereocenters. The van der Waals surface area contributed by atoms with E-state index >= 15 is 0 Å². The summed E-state index contributed by atoms with van der Waals surface area (Å²) in [7, 11) is 3.10. The molecule has 0 amide bonds. The van der Waals surface area contributed by atoms with Crippen molar-refractivity contribution in [2.45, 2.75) is 6.54 Å². The number of hydrogen-bond acceptors (Lipinski definition) is 2. The number of nitrogens with zero attached hydrogens (tertiary/aromatic N) is 2. The first-order valence-electron chi connectivity index (χ1n) is 4.34. The van der Waals surface area contributed by atoms with E-state index < -0.39 is 0 Å². The lowest BCUT2D eigenvalue weighted by molar-refractivity contribution is -0.234. The first kappa shape index (κ1) is 12.1. The zero-order valence-corrected chi connectivity index (χ0v) is 10.0. The predicted molar refractivity (Wildman–Crippen MR) is 61.3 cm³/mol. The van der Waals surface area contributed by atoms with Gasteiger partial charge in [-0.3, -0.25) is 4.99 Å². The highest BCUT2D eigenvalue weighted by molar-refractivity contribution is 6.35. The first-order valence-corrected chi connectivity index (χ1v) is 5.09. The minimum atomic E-state index is -0.300. The first-order chi connectivity index (χ1) is 7.06. The summed E-state index contributed by atoms with van der Waals surface area (Å²) < 4.78 is 0. The van der Waals surface area contributed by atoms with E-state index in [1.807, 2.05) is 0 Å². The fourth-order valence-corrected chi connectivity index (χ4v) is 1.68. The van der Waals surface area contributed by atoms with E-state index in [1.54, 1.807) is 25.2 Å². The SMILES string of the molecule is CN=C([O-])N(C)Cc1c(Cl)cccc1Cl. The Kier molecular flexibility index (Phi) is 4.24. The van der Waals surface area contributed by atoms with Crippen molar-refractivity contribution in [3.8, 4) is 0 Å². The van der Waals surface area contributed by atoms with Crippen LogP contribution in [0.25, 0.3) is 0 Å². The Morgan fingerprint density at radius 3 is 2.40 bits per heavy atom. The monoisotopic (exact) mass is 245 g/mol. The molecule has 3 nitrogen and oxygen atoms in total. The van der Waals surface area contributed by atoms with Gasteiger partial charge in [0.15, 0.2) is 0 Å². The molecule has 5 heteroatoms. The molecule has 15 heavy (non-hydrogen) atoms. The van der Waals surface area contributed by atoms with E-state index in [0.29, 0.717) is 16.6 Å². The molecular formula is C10H11Cl2N2O-. The van der Waals surface area contributed by atoms with Gasteiger partial charge in [0.25, 0.3) is 0 Å². The second-order valence-electron chi connectivity index (χ2n) is 3.06. The number of hydrogen-bond donors (Lipinski definition) is 0. The van der Waals surface area contributed by atoms with Gasteiger partial charge in [0.05, 0.1) is 0 Å². The lowest BCUT2D eigenvalue weighted by atomic mass is 10.2. The van der Waals surface area contributed by atoms with Crippen LogP contribution >= 0.6 is 23.2 Å². The third kappa shape index (κ3) is 3.01. The van der Waals surface area contributed by atoms with E-state index in [2.05, 4.69) is 4.99 Å². The van der Waals surface area contributed by atoms with E-state index in [-0.39, 0.29) is 6.02 Å². The number of aliphatic imine (C=N–C) groups is 1. The van der Waals surface area contributed by atoms with E-state index in [1.165, 1.54) is 11.9 Å². The summed E-state index contributed by atoms with van der Waals surface area (Å²) in [6.45, 7) is 0.356.